The molecule has 6 heteroatoms. The molecule has 0 aromatic carbocycles. The lowest BCUT2D eigenvalue weighted by Gasteiger charge is -2.16. The predicted molar refractivity (Wildman–Crippen MR) is 76.7 cm³/mol. The van der Waals surface area contributed by atoms with Crippen LogP contribution in [0.25, 0.3) is 0 Å². The van der Waals surface area contributed by atoms with E-state index in [1.807, 2.05) is 11.6 Å². The summed E-state index contributed by atoms with van der Waals surface area (Å²) in [6.45, 7) is 8.40. The van der Waals surface area contributed by atoms with Gasteiger partial charge in [-0.25, -0.2) is 0 Å². The van der Waals surface area contributed by atoms with Crippen LogP contribution in [0.5, 0.6) is 0 Å². The molecule has 0 spiro atoms. The Hall–Kier alpha value is -1.14. The van der Waals surface area contributed by atoms with E-state index >= 15 is 0 Å². The normalized spacial score (nSPS) is 12.2. The van der Waals surface area contributed by atoms with E-state index < -0.39 is 0 Å². The summed E-state index contributed by atoms with van der Waals surface area (Å²) in [7, 11) is 1.67. The first kappa shape index (κ1) is 14.9. The fourth-order valence-corrected chi connectivity index (χ4v) is 1.99. The van der Waals surface area contributed by atoms with E-state index in [1.54, 1.807) is 7.11 Å². The minimum Gasteiger partial charge on any atom is -0.383 e. The van der Waals surface area contributed by atoms with Crippen molar-refractivity contribution in [2.75, 3.05) is 20.3 Å². The maximum absolute atomic E-state index is 5.22. The number of hydrogen-bond acceptors (Lipinski definition) is 3. The quantitative estimate of drug-likeness (QED) is 0.604. The second-order valence-electron chi connectivity index (χ2n) is 4.14. The summed E-state index contributed by atoms with van der Waals surface area (Å²) in [5.41, 5.74) is 2.21. The van der Waals surface area contributed by atoms with Gasteiger partial charge >= 0.3 is 0 Å². The van der Waals surface area contributed by atoms with Crippen molar-refractivity contribution < 1.29 is 4.74 Å². The van der Waals surface area contributed by atoms with Crippen LogP contribution in [0.3, 0.4) is 0 Å². The first-order valence-corrected chi connectivity index (χ1v) is 6.56. The van der Waals surface area contributed by atoms with Gasteiger partial charge < -0.3 is 15.4 Å². The molecular formula is C12H22N4OS. The van der Waals surface area contributed by atoms with Gasteiger partial charge in [-0.2, -0.15) is 5.10 Å². The maximum Gasteiger partial charge on any atom is 0.166 e. The Bertz CT molecular complexity index is 391. The summed E-state index contributed by atoms with van der Waals surface area (Å²) < 4.78 is 6.89. The van der Waals surface area contributed by atoms with Crippen molar-refractivity contribution in [3.63, 3.8) is 0 Å². The molecule has 0 saturated carbocycles. The standard InChI is InChI=1S/C12H22N4OS/c1-5-16-8-11(10(3)15-16)9(2)14-12(18)13-6-7-17-4/h8-9H,5-7H2,1-4H3,(H2,13,14,18). The van der Waals surface area contributed by atoms with E-state index in [0.29, 0.717) is 18.3 Å². The van der Waals surface area contributed by atoms with Gasteiger partial charge in [0.2, 0.25) is 0 Å². The Morgan fingerprint density at radius 2 is 2.33 bits per heavy atom. The van der Waals surface area contributed by atoms with Crippen molar-refractivity contribution in [1.82, 2.24) is 20.4 Å². The Balaban J connectivity index is 2.50. The molecule has 1 aromatic rings. The predicted octanol–water partition coefficient (Wildman–Crippen LogP) is 1.38. The van der Waals surface area contributed by atoms with Crippen molar-refractivity contribution in [2.45, 2.75) is 33.4 Å². The highest BCUT2D eigenvalue weighted by Gasteiger charge is 2.12. The van der Waals surface area contributed by atoms with Gasteiger partial charge in [0.15, 0.2) is 5.11 Å². The van der Waals surface area contributed by atoms with Gasteiger partial charge in [0.05, 0.1) is 18.3 Å². The van der Waals surface area contributed by atoms with Gasteiger partial charge in [0, 0.05) is 32.0 Å². The molecule has 0 fully saturated rings. The van der Waals surface area contributed by atoms with Crippen LogP contribution >= 0.6 is 12.2 Å². The number of hydrogen-bond donors (Lipinski definition) is 2. The van der Waals surface area contributed by atoms with Gasteiger partial charge in [0.1, 0.15) is 0 Å². The summed E-state index contributed by atoms with van der Waals surface area (Å²) >= 11 is 5.22. The highest BCUT2D eigenvalue weighted by molar-refractivity contribution is 7.80. The maximum atomic E-state index is 5.22. The van der Waals surface area contributed by atoms with Gasteiger partial charge in [-0.05, 0) is 33.0 Å². The van der Waals surface area contributed by atoms with Crippen molar-refractivity contribution in [3.8, 4) is 0 Å². The van der Waals surface area contributed by atoms with Crippen LogP contribution < -0.4 is 10.6 Å². The highest BCUT2D eigenvalue weighted by Crippen LogP contribution is 2.15. The first-order chi connectivity index (χ1) is 8.58. The van der Waals surface area contributed by atoms with Gasteiger partial charge in [-0.1, -0.05) is 0 Å². The van der Waals surface area contributed by atoms with Crippen molar-refractivity contribution >= 4 is 17.3 Å². The van der Waals surface area contributed by atoms with E-state index in [9.17, 15) is 0 Å². The molecule has 1 unspecified atom stereocenters. The Morgan fingerprint density at radius 3 is 2.89 bits per heavy atom. The average molecular weight is 270 g/mol. The molecule has 0 aliphatic rings. The fraction of sp³-hybridized carbons (Fsp3) is 0.667. The zero-order valence-electron chi connectivity index (χ0n) is 11.5. The van der Waals surface area contributed by atoms with E-state index in [-0.39, 0.29) is 6.04 Å². The third-order valence-corrected chi connectivity index (χ3v) is 2.98. The number of nitrogens with zero attached hydrogens (tertiary/aromatic N) is 2. The van der Waals surface area contributed by atoms with Gasteiger partial charge in [-0.15, -0.1) is 0 Å². The van der Waals surface area contributed by atoms with Crippen LogP contribution in [0.1, 0.15) is 31.1 Å². The Morgan fingerprint density at radius 1 is 1.61 bits per heavy atom. The molecule has 0 amide bonds. The molecule has 18 heavy (non-hydrogen) atoms. The minimum atomic E-state index is 0.146. The van der Waals surface area contributed by atoms with E-state index in [4.69, 9.17) is 17.0 Å². The number of methoxy groups -OCH3 is 1. The second kappa shape index (κ2) is 7.33. The van der Waals surface area contributed by atoms with Crippen LogP contribution in [-0.4, -0.2) is 35.2 Å². The van der Waals surface area contributed by atoms with Crippen LogP contribution in [0.15, 0.2) is 6.20 Å². The molecule has 102 valence electrons. The molecule has 5 nitrogen and oxygen atoms in total. The van der Waals surface area contributed by atoms with Crippen LogP contribution in [-0.2, 0) is 11.3 Å². The molecule has 1 rings (SSSR count). The van der Waals surface area contributed by atoms with E-state index in [2.05, 4.69) is 35.8 Å². The number of thiocarbonyl (C=S) groups is 1. The Labute approximate surface area is 114 Å². The second-order valence-corrected chi connectivity index (χ2v) is 4.55. The lowest BCUT2D eigenvalue weighted by molar-refractivity contribution is 0.204. The molecule has 1 atom stereocenters. The van der Waals surface area contributed by atoms with E-state index in [1.165, 1.54) is 5.56 Å². The fourth-order valence-electron chi connectivity index (χ4n) is 1.71. The topological polar surface area (TPSA) is 51.1 Å². The summed E-state index contributed by atoms with van der Waals surface area (Å²) in [6, 6.07) is 0.146. The molecule has 2 N–H and O–H groups in total. The van der Waals surface area contributed by atoms with Gasteiger partial charge in [0.25, 0.3) is 0 Å². The molecule has 0 saturated heterocycles. The summed E-state index contributed by atoms with van der Waals surface area (Å²) in [5.74, 6) is 0. The van der Waals surface area contributed by atoms with Gasteiger partial charge in [-0.3, -0.25) is 4.68 Å². The third-order valence-electron chi connectivity index (χ3n) is 2.71. The zero-order valence-corrected chi connectivity index (χ0v) is 12.3. The number of aryl methyl sites for hydroxylation is 2. The zero-order chi connectivity index (χ0) is 13.5. The molecule has 1 aromatic heterocycles. The van der Waals surface area contributed by atoms with E-state index in [0.717, 1.165) is 12.2 Å². The Kier molecular flexibility index (Phi) is 6.07. The number of nitrogens with one attached hydrogen (secondary N) is 2. The van der Waals surface area contributed by atoms with Crippen molar-refractivity contribution in [2.24, 2.45) is 0 Å². The minimum absolute atomic E-state index is 0.146. The molecule has 0 aliphatic heterocycles. The summed E-state index contributed by atoms with van der Waals surface area (Å²) in [6.07, 6.45) is 2.06. The molecule has 0 bridgehead atoms. The van der Waals surface area contributed by atoms with Crippen LogP contribution in [0.2, 0.25) is 0 Å². The number of aromatic nitrogens is 2. The summed E-state index contributed by atoms with van der Waals surface area (Å²) in [4.78, 5) is 0. The SMILES string of the molecule is CCn1cc(C(C)NC(=S)NCCOC)c(C)n1. The molecule has 0 aliphatic carbocycles. The highest BCUT2D eigenvalue weighted by atomic mass is 32.1. The lowest BCUT2D eigenvalue weighted by atomic mass is 10.1. The first-order valence-electron chi connectivity index (χ1n) is 6.15. The average Bonchev–Trinajstić information content (AvgIpc) is 2.71. The smallest absolute Gasteiger partial charge is 0.166 e. The summed E-state index contributed by atoms with van der Waals surface area (Å²) in [5, 5.41) is 11.4. The molecule has 1 heterocycles. The largest absolute Gasteiger partial charge is 0.383 e. The lowest BCUT2D eigenvalue weighted by Crippen LogP contribution is -2.38. The monoisotopic (exact) mass is 270 g/mol. The van der Waals surface area contributed by atoms with Crippen LogP contribution in [0.4, 0.5) is 0 Å². The molecular weight excluding hydrogens is 248 g/mol. The number of rotatable bonds is 6. The van der Waals surface area contributed by atoms with Crippen LogP contribution in [0, 0.1) is 6.92 Å². The molecule has 0 radical (unpaired) electrons. The van der Waals surface area contributed by atoms with Crippen molar-refractivity contribution in [1.29, 1.82) is 0 Å². The van der Waals surface area contributed by atoms with Crippen molar-refractivity contribution in [3.05, 3.63) is 17.5 Å². The third kappa shape index (κ3) is 4.27. The number of ether oxygens (including phenoxy) is 1.